The van der Waals surface area contributed by atoms with Gasteiger partial charge in [-0.05, 0) is 30.5 Å². The first-order valence-electron chi connectivity index (χ1n) is 6.49. The summed E-state index contributed by atoms with van der Waals surface area (Å²) in [7, 11) is 0. The number of hydrogen-bond donors (Lipinski definition) is 4. The molecule has 0 aliphatic carbocycles. The van der Waals surface area contributed by atoms with Gasteiger partial charge in [-0.2, -0.15) is 0 Å². The standard InChI is InChI=1S/C14H19FN2O4/c1-8-5-10(6-9(2)12(8)15)7-17-14(21)16-4-3-11(18)13(19)20/h5-6,11,18H,3-4,7H2,1-2H3,(H,19,20)(H2,16,17,21). The van der Waals surface area contributed by atoms with E-state index in [1.54, 1.807) is 26.0 Å². The van der Waals surface area contributed by atoms with Crippen LogP contribution in [0.1, 0.15) is 23.1 Å². The molecule has 7 heteroatoms. The maximum absolute atomic E-state index is 13.4. The molecule has 0 aromatic heterocycles. The summed E-state index contributed by atoms with van der Waals surface area (Å²) in [4.78, 5) is 21.8. The van der Waals surface area contributed by atoms with Crippen LogP contribution in [0.5, 0.6) is 0 Å². The first-order valence-corrected chi connectivity index (χ1v) is 6.49. The lowest BCUT2D eigenvalue weighted by Crippen LogP contribution is -2.37. The van der Waals surface area contributed by atoms with Crippen molar-refractivity contribution in [2.75, 3.05) is 6.54 Å². The summed E-state index contributed by atoms with van der Waals surface area (Å²) in [6.45, 7) is 3.58. The normalized spacial score (nSPS) is 11.8. The SMILES string of the molecule is Cc1cc(CNC(=O)NCCC(O)C(=O)O)cc(C)c1F. The molecule has 0 aliphatic rings. The third-order valence-corrected chi connectivity index (χ3v) is 2.94. The number of aliphatic hydroxyl groups is 1. The maximum atomic E-state index is 13.4. The van der Waals surface area contributed by atoms with Gasteiger partial charge in [-0.1, -0.05) is 12.1 Å². The summed E-state index contributed by atoms with van der Waals surface area (Å²) < 4.78 is 13.4. The van der Waals surface area contributed by atoms with Crippen LogP contribution in [0.2, 0.25) is 0 Å². The van der Waals surface area contributed by atoms with E-state index in [0.717, 1.165) is 5.56 Å². The van der Waals surface area contributed by atoms with E-state index in [4.69, 9.17) is 10.2 Å². The summed E-state index contributed by atoms with van der Waals surface area (Å²) in [5.74, 6) is -1.58. The summed E-state index contributed by atoms with van der Waals surface area (Å²) in [5, 5.41) is 22.5. The predicted octanol–water partition coefficient (Wildman–Crippen LogP) is 1.08. The highest BCUT2D eigenvalue weighted by Crippen LogP contribution is 2.14. The smallest absolute Gasteiger partial charge is 0.332 e. The number of amides is 2. The van der Waals surface area contributed by atoms with Gasteiger partial charge in [-0.3, -0.25) is 0 Å². The molecule has 0 bridgehead atoms. The molecule has 1 unspecified atom stereocenters. The Balaban J connectivity index is 2.38. The van der Waals surface area contributed by atoms with Crippen molar-refractivity contribution in [3.8, 4) is 0 Å². The van der Waals surface area contributed by atoms with Gasteiger partial charge in [0.1, 0.15) is 5.82 Å². The van der Waals surface area contributed by atoms with Gasteiger partial charge in [0, 0.05) is 19.5 Å². The van der Waals surface area contributed by atoms with E-state index in [-0.39, 0.29) is 25.3 Å². The summed E-state index contributed by atoms with van der Waals surface area (Å²) in [6.07, 6.45) is -1.56. The van der Waals surface area contributed by atoms with Gasteiger partial charge in [-0.25, -0.2) is 14.0 Å². The van der Waals surface area contributed by atoms with Crippen molar-refractivity contribution in [1.82, 2.24) is 10.6 Å². The minimum absolute atomic E-state index is 0.0424. The third-order valence-electron chi connectivity index (χ3n) is 2.94. The zero-order valence-electron chi connectivity index (χ0n) is 11.9. The van der Waals surface area contributed by atoms with Crippen molar-refractivity contribution in [3.63, 3.8) is 0 Å². The highest BCUT2D eigenvalue weighted by atomic mass is 19.1. The first kappa shape index (κ1) is 16.9. The highest BCUT2D eigenvalue weighted by molar-refractivity contribution is 5.74. The average molecular weight is 298 g/mol. The van der Waals surface area contributed by atoms with Gasteiger partial charge in [0.25, 0.3) is 0 Å². The second-order valence-electron chi connectivity index (χ2n) is 4.80. The predicted molar refractivity (Wildman–Crippen MR) is 74.4 cm³/mol. The van der Waals surface area contributed by atoms with E-state index >= 15 is 0 Å². The van der Waals surface area contributed by atoms with Crippen LogP contribution in [0.25, 0.3) is 0 Å². The van der Waals surface area contributed by atoms with Crippen molar-refractivity contribution < 1.29 is 24.2 Å². The number of carbonyl (C=O) groups is 2. The van der Waals surface area contributed by atoms with Gasteiger partial charge in [0.05, 0.1) is 0 Å². The van der Waals surface area contributed by atoms with Crippen LogP contribution in [0.3, 0.4) is 0 Å². The molecule has 0 radical (unpaired) electrons. The molecule has 0 heterocycles. The number of urea groups is 1. The Labute approximate surface area is 122 Å². The van der Waals surface area contributed by atoms with E-state index in [1.165, 1.54) is 0 Å². The molecule has 116 valence electrons. The Kier molecular flexibility index (Phi) is 6.10. The monoisotopic (exact) mass is 298 g/mol. The number of nitrogens with one attached hydrogen (secondary N) is 2. The van der Waals surface area contributed by atoms with Crippen LogP contribution in [0.15, 0.2) is 12.1 Å². The van der Waals surface area contributed by atoms with Crippen LogP contribution in [-0.2, 0) is 11.3 Å². The van der Waals surface area contributed by atoms with E-state index in [9.17, 15) is 14.0 Å². The van der Waals surface area contributed by atoms with Gasteiger partial charge >= 0.3 is 12.0 Å². The molecule has 0 saturated heterocycles. The Morgan fingerprint density at radius 2 is 1.81 bits per heavy atom. The second-order valence-corrected chi connectivity index (χ2v) is 4.80. The van der Waals surface area contributed by atoms with Gasteiger partial charge in [0.15, 0.2) is 6.10 Å². The summed E-state index contributed by atoms with van der Waals surface area (Å²) >= 11 is 0. The van der Waals surface area contributed by atoms with Crippen LogP contribution in [-0.4, -0.2) is 34.9 Å². The minimum Gasteiger partial charge on any atom is -0.479 e. The van der Waals surface area contributed by atoms with Crippen LogP contribution >= 0.6 is 0 Å². The Morgan fingerprint density at radius 3 is 2.33 bits per heavy atom. The molecule has 0 saturated carbocycles. The Morgan fingerprint density at radius 1 is 1.24 bits per heavy atom. The molecule has 1 rings (SSSR count). The minimum atomic E-state index is -1.49. The summed E-state index contributed by atoms with van der Waals surface area (Å²) in [6, 6.07) is 2.82. The van der Waals surface area contributed by atoms with Crippen LogP contribution < -0.4 is 10.6 Å². The quantitative estimate of drug-likeness (QED) is 0.631. The van der Waals surface area contributed by atoms with E-state index in [2.05, 4.69) is 10.6 Å². The molecule has 21 heavy (non-hydrogen) atoms. The number of carbonyl (C=O) groups excluding carboxylic acids is 1. The first-order chi connectivity index (χ1) is 9.81. The lowest BCUT2D eigenvalue weighted by atomic mass is 10.1. The second kappa shape index (κ2) is 7.58. The molecular formula is C14H19FN2O4. The van der Waals surface area contributed by atoms with Gasteiger partial charge in [-0.15, -0.1) is 0 Å². The molecule has 6 nitrogen and oxygen atoms in total. The molecule has 0 fully saturated rings. The Bertz CT molecular complexity index is 511. The number of carboxylic acids is 1. The molecule has 1 aromatic rings. The lowest BCUT2D eigenvalue weighted by Gasteiger charge is -2.10. The Hall–Kier alpha value is -2.15. The average Bonchev–Trinajstić information content (AvgIpc) is 2.42. The zero-order chi connectivity index (χ0) is 16.0. The largest absolute Gasteiger partial charge is 0.479 e. The van der Waals surface area contributed by atoms with E-state index < -0.39 is 18.1 Å². The number of hydrogen-bond acceptors (Lipinski definition) is 3. The number of carboxylic acid groups (broad SMARTS) is 1. The van der Waals surface area contributed by atoms with Gasteiger partial charge in [0.2, 0.25) is 0 Å². The maximum Gasteiger partial charge on any atom is 0.332 e. The van der Waals surface area contributed by atoms with E-state index in [1.807, 2.05) is 0 Å². The van der Waals surface area contributed by atoms with Crippen molar-refractivity contribution in [3.05, 3.63) is 34.6 Å². The topological polar surface area (TPSA) is 98.7 Å². The fourth-order valence-corrected chi connectivity index (χ4v) is 1.83. The number of aliphatic carboxylic acids is 1. The van der Waals surface area contributed by atoms with Crippen molar-refractivity contribution in [2.24, 2.45) is 0 Å². The van der Waals surface area contributed by atoms with E-state index in [0.29, 0.717) is 11.1 Å². The summed E-state index contributed by atoms with van der Waals surface area (Å²) in [5.41, 5.74) is 1.79. The van der Waals surface area contributed by atoms with Gasteiger partial charge < -0.3 is 20.8 Å². The van der Waals surface area contributed by atoms with Crippen molar-refractivity contribution in [1.29, 1.82) is 0 Å². The van der Waals surface area contributed by atoms with Crippen molar-refractivity contribution in [2.45, 2.75) is 32.9 Å². The molecular weight excluding hydrogens is 279 g/mol. The van der Waals surface area contributed by atoms with Crippen LogP contribution in [0.4, 0.5) is 9.18 Å². The molecule has 0 spiro atoms. The highest BCUT2D eigenvalue weighted by Gasteiger charge is 2.12. The number of aryl methyl sites for hydroxylation is 2. The molecule has 1 aromatic carbocycles. The zero-order valence-corrected chi connectivity index (χ0v) is 11.9. The molecule has 0 aliphatic heterocycles. The fraction of sp³-hybridized carbons (Fsp3) is 0.429. The number of rotatable bonds is 6. The fourth-order valence-electron chi connectivity index (χ4n) is 1.83. The third kappa shape index (κ3) is 5.39. The number of halogens is 1. The molecule has 1 atom stereocenters. The number of benzene rings is 1. The molecule has 2 amide bonds. The van der Waals surface area contributed by atoms with Crippen LogP contribution in [0, 0.1) is 19.7 Å². The van der Waals surface area contributed by atoms with Crippen molar-refractivity contribution >= 4 is 12.0 Å². The lowest BCUT2D eigenvalue weighted by molar-refractivity contribution is -0.146. The molecule has 4 N–H and O–H groups in total. The number of aliphatic hydroxyl groups excluding tert-OH is 1.